The minimum absolute atomic E-state index is 0.370. The summed E-state index contributed by atoms with van der Waals surface area (Å²) in [4.78, 5) is 31.7. The van der Waals surface area contributed by atoms with E-state index < -0.39 is 0 Å². The van der Waals surface area contributed by atoms with Gasteiger partial charge in [-0.3, -0.25) is 9.97 Å². The largest absolute Gasteiger partial charge is 0.256 e. The Morgan fingerprint density at radius 3 is 1.14 bits per heavy atom. The second-order valence-electron chi connectivity index (χ2n) is 18.3. The van der Waals surface area contributed by atoms with Crippen LogP contribution in [-0.2, 0) is 10.8 Å². The number of aromatic nitrogens is 6. The molecule has 66 heavy (non-hydrogen) atoms. The van der Waals surface area contributed by atoms with Crippen molar-refractivity contribution in [1.29, 1.82) is 0 Å². The molecule has 4 heterocycles. The predicted molar refractivity (Wildman–Crippen MR) is 266 cm³/mol. The molecule has 2 aliphatic rings. The smallest absolute Gasteiger partial charge is 0.0973 e. The number of fused-ring (bicyclic) bond motifs is 6. The summed E-state index contributed by atoms with van der Waals surface area (Å²) in [5, 5.41) is 0. The average molecular weight is 849 g/mol. The molecule has 10 aromatic rings. The highest BCUT2D eigenvalue weighted by Crippen LogP contribution is 2.51. The molecule has 0 fully saturated rings. The first kappa shape index (κ1) is 39.4. The molecule has 0 spiro atoms. The zero-order chi connectivity index (χ0) is 44.6. The zero-order valence-corrected chi connectivity index (χ0v) is 37.2. The molecule has 6 aromatic carbocycles. The van der Waals surface area contributed by atoms with Crippen molar-refractivity contribution < 1.29 is 0 Å². The summed E-state index contributed by atoms with van der Waals surface area (Å²) in [6.07, 6.45) is 4.00. The van der Waals surface area contributed by atoms with E-state index in [1.54, 1.807) is 0 Å². The van der Waals surface area contributed by atoms with Crippen LogP contribution in [0.15, 0.2) is 194 Å². The van der Waals surface area contributed by atoms with Crippen LogP contribution in [0.5, 0.6) is 0 Å². The maximum Gasteiger partial charge on any atom is 0.0973 e. The summed E-state index contributed by atoms with van der Waals surface area (Å²) in [5.74, 6) is 0. The first-order valence-corrected chi connectivity index (χ1v) is 22.5. The summed E-state index contributed by atoms with van der Waals surface area (Å²) in [6, 6.07) is 63.3. The summed E-state index contributed by atoms with van der Waals surface area (Å²) >= 11 is 0. The molecular formula is C60H44N6. The Morgan fingerprint density at radius 2 is 0.636 bits per heavy atom. The van der Waals surface area contributed by atoms with Gasteiger partial charge in [0.15, 0.2) is 0 Å². The molecule has 0 atom stereocenters. The summed E-state index contributed by atoms with van der Waals surface area (Å²) in [6.45, 7) is 8.95. The molecule has 0 amide bonds. The number of hydrogen-bond acceptors (Lipinski definition) is 6. The van der Waals surface area contributed by atoms with E-state index in [0.717, 1.165) is 118 Å². The highest BCUT2D eigenvalue weighted by Gasteiger charge is 2.41. The van der Waals surface area contributed by atoms with E-state index in [0.29, 0.717) is 0 Å². The van der Waals surface area contributed by atoms with Gasteiger partial charge in [0.25, 0.3) is 0 Å². The first-order chi connectivity index (χ1) is 32.2. The molecule has 12 rings (SSSR count). The van der Waals surface area contributed by atoms with Crippen LogP contribution in [0.2, 0.25) is 0 Å². The Bertz CT molecular complexity index is 3480. The van der Waals surface area contributed by atoms with Crippen molar-refractivity contribution in [3.05, 3.63) is 217 Å². The van der Waals surface area contributed by atoms with Gasteiger partial charge in [0.05, 0.1) is 56.9 Å². The van der Waals surface area contributed by atoms with E-state index in [2.05, 4.69) is 173 Å². The second kappa shape index (κ2) is 15.2. The van der Waals surface area contributed by atoms with Crippen LogP contribution in [0.1, 0.15) is 50.2 Å². The Kier molecular flexibility index (Phi) is 9.07. The van der Waals surface area contributed by atoms with Gasteiger partial charge in [-0.1, -0.05) is 184 Å². The van der Waals surface area contributed by atoms with Crippen molar-refractivity contribution in [2.75, 3.05) is 0 Å². The van der Waals surface area contributed by atoms with Gasteiger partial charge < -0.3 is 0 Å². The van der Waals surface area contributed by atoms with Gasteiger partial charge in [-0.25, -0.2) is 19.9 Å². The number of rotatable bonds is 7. The molecule has 0 aliphatic heterocycles. The summed E-state index contributed by atoms with van der Waals surface area (Å²) in [7, 11) is 0. The molecule has 0 saturated carbocycles. The zero-order valence-electron chi connectivity index (χ0n) is 37.2. The topological polar surface area (TPSA) is 77.3 Å². The average Bonchev–Trinajstić information content (AvgIpc) is 3.74. The van der Waals surface area contributed by atoms with E-state index >= 15 is 0 Å². The molecule has 6 heteroatoms. The van der Waals surface area contributed by atoms with Crippen LogP contribution in [0.4, 0.5) is 0 Å². The molecule has 0 saturated heterocycles. The van der Waals surface area contributed by atoms with Gasteiger partial charge in [0, 0.05) is 67.7 Å². The van der Waals surface area contributed by atoms with Crippen molar-refractivity contribution in [2.24, 2.45) is 0 Å². The predicted octanol–water partition coefficient (Wildman–Crippen LogP) is 14.3. The lowest BCUT2D eigenvalue weighted by atomic mass is 9.85. The van der Waals surface area contributed by atoms with E-state index in [1.165, 1.54) is 5.56 Å². The third-order valence-electron chi connectivity index (χ3n) is 13.5. The molecular weight excluding hydrogens is 805 g/mol. The van der Waals surface area contributed by atoms with E-state index in [9.17, 15) is 0 Å². The van der Waals surface area contributed by atoms with Gasteiger partial charge in [0.1, 0.15) is 0 Å². The van der Waals surface area contributed by atoms with Crippen LogP contribution in [0.25, 0.3) is 101 Å². The van der Waals surface area contributed by atoms with Crippen molar-refractivity contribution in [2.45, 2.75) is 38.5 Å². The number of hydrogen-bond donors (Lipinski definition) is 0. The van der Waals surface area contributed by atoms with Crippen molar-refractivity contribution >= 4 is 0 Å². The van der Waals surface area contributed by atoms with Crippen LogP contribution in [0, 0.1) is 0 Å². The van der Waals surface area contributed by atoms with E-state index in [1.807, 2.05) is 48.8 Å². The van der Waals surface area contributed by atoms with Gasteiger partial charge >= 0.3 is 0 Å². The van der Waals surface area contributed by atoms with Crippen molar-refractivity contribution in [3.8, 4) is 101 Å². The Morgan fingerprint density at radius 1 is 0.288 bits per heavy atom. The molecule has 0 bridgehead atoms. The first-order valence-electron chi connectivity index (χ1n) is 22.5. The summed E-state index contributed by atoms with van der Waals surface area (Å²) in [5.41, 5.74) is 21.3. The quantitative estimate of drug-likeness (QED) is 0.159. The van der Waals surface area contributed by atoms with Crippen LogP contribution >= 0.6 is 0 Å². The maximum atomic E-state index is 5.50. The van der Waals surface area contributed by atoms with Crippen LogP contribution < -0.4 is 0 Å². The maximum absolute atomic E-state index is 5.50. The molecule has 2 aliphatic carbocycles. The standard InChI is InChI=1S/C60H44N6/c1-59(2)47-34-50(61-35-46(47)56-58(59)65-53(43-23-15-8-16-24-43)51(64-56)41-19-11-6-12-20-41)40-29-25-37(26-30-40)38-27-31-44(32-28-38)54-52(42-21-13-7-14-22-42)63-55-45-33-49(39-17-9-5-10-18-39)62-36-48(45)60(3,4)57(55)66-54/h5-36H,1-4H3. The Labute approximate surface area is 384 Å². The van der Waals surface area contributed by atoms with Gasteiger partial charge in [-0.15, -0.1) is 0 Å². The molecule has 6 nitrogen and oxygen atoms in total. The SMILES string of the molecule is CC1(C)c2cnc(-c3ccccc3)cc2-c2nc(-c3ccccc3)c(-c3ccc(-c4ccc(-c5cc6c(cn5)-c5nc(-c7ccccc7)c(-c7ccccc7)nc5C6(C)C)cc4)cc3)nc21. The minimum Gasteiger partial charge on any atom is -0.256 e. The molecule has 0 N–H and O–H groups in total. The lowest BCUT2D eigenvalue weighted by molar-refractivity contribution is 0.633. The van der Waals surface area contributed by atoms with E-state index in [4.69, 9.17) is 29.9 Å². The lowest BCUT2D eigenvalue weighted by Crippen LogP contribution is -2.18. The number of nitrogens with zero attached hydrogens (tertiary/aromatic N) is 6. The second-order valence-corrected chi connectivity index (χ2v) is 18.3. The number of benzene rings is 6. The number of pyridine rings is 2. The highest BCUT2D eigenvalue weighted by molar-refractivity contribution is 5.88. The fourth-order valence-corrected chi connectivity index (χ4v) is 9.86. The van der Waals surface area contributed by atoms with Gasteiger partial charge in [-0.2, -0.15) is 0 Å². The summed E-state index contributed by atoms with van der Waals surface area (Å²) < 4.78 is 0. The Balaban J connectivity index is 0.865. The molecule has 0 unspecified atom stereocenters. The third-order valence-corrected chi connectivity index (χ3v) is 13.5. The van der Waals surface area contributed by atoms with Crippen molar-refractivity contribution in [3.63, 3.8) is 0 Å². The van der Waals surface area contributed by atoms with E-state index in [-0.39, 0.29) is 10.8 Å². The van der Waals surface area contributed by atoms with Crippen LogP contribution in [-0.4, -0.2) is 29.9 Å². The molecule has 0 radical (unpaired) electrons. The third kappa shape index (κ3) is 6.40. The normalized spacial score (nSPS) is 13.7. The fraction of sp³-hybridized carbons (Fsp3) is 0.100. The van der Waals surface area contributed by atoms with Gasteiger partial charge in [0.2, 0.25) is 0 Å². The van der Waals surface area contributed by atoms with Crippen LogP contribution in [0.3, 0.4) is 0 Å². The van der Waals surface area contributed by atoms with Gasteiger partial charge in [-0.05, 0) is 48.2 Å². The van der Waals surface area contributed by atoms with Crippen molar-refractivity contribution in [1.82, 2.24) is 29.9 Å². The minimum atomic E-state index is -0.373. The Hall–Kier alpha value is -8.22. The lowest BCUT2D eigenvalue weighted by Gasteiger charge is -2.21. The molecule has 314 valence electrons. The molecule has 4 aromatic heterocycles. The fourth-order valence-electron chi connectivity index (χ4n) is 9.86. The highest BCUT2D eigenvalue weighted by atomic mass is 14.9. The monoisotopic (exact) mass is 848 g/mol.